The molecule has 0 saturated heterocycles. The Balaban J connectivity index is 0.00000161. The number of carbonyl (C=O) groups is 3. The molecule has 0 radical (unpaired) electrons. The Morgan fingerprint density at radius 1 is 1.28 bits per heavy atom. The van der Waals surface area contributed by atoms with E-state index in [2.05, 4.69) is 12.5 Å². The second-order valence-electron chi connectivity index (χ2n) is 7.77. The maximum atomic E-state index is 12.5. The number of esters is 1. The second kappa shape index (κ2) is 11.6. The van der Waals surface area contributed by atoms with Crippen LogP contribution in [0, 0.1) is 19.3 Å². The number of aromatic nitrogens is 1. The number of amides is 1. The molecule has 0 atom stereocenters. The van der Waals surface area contributed by atoms with E-state index in [1.807, 2.05) is 11.5 Å². The Kier molecular flexibility index (Phi) is 9.48. The molecule has 0 spiro atoms. The van der Waals surface area contributed by atoms with Crippen molar-refractivity contribution in [2.75, 3.05) is 6.61 Å². The van der Waals surface area contributed by atoms with Gasteiger partial charge in [0, 0.05) is 12.2 Å². The summed E-state index contributed by atoms with van der Waals surface area (Å²) in [4.78, 5) is 36.1. The number of terminal acetylenes is 1. The number of carbonyl (C=O) groups excluding carboxylic acids is 3. The topological polar surface area (TPSA) is 101 Å². The van der Waals surface area contributed by atoms with E-state index in [4.69, 9.17) is 21.6 Å². The highest BCUT2D eigenvalue weighted by atomic mass is 16.6. The van der Waals surface area contributed by atoms with Crippen molar-refractivity contribution in [1.82, 2.24) is 4.57 Å². The lowest BCUT2D eigenvalue weighted by molar-refractivity contribution is -0.157. The van der Waals surface area contributed by atoms with Crippen LogP contribution in [0.3, 0.4) is 0 Å². The number of primary amides is 1. The number of allylic oxidation sites excluding steroid dienone is 3. The van der Waals surface area contributed by atoms with Crippen molar-refractivity contribution >= 4 is 28.6 Å². The third kappa shape index (κ3) is 6.88. The van der Waals surface area contributed by atoms with Crippen LogP contribution in [0.5, 0.6) is 5.75 Å². The molecule has 1 aromatic heterocycles. The van der Waals surface area contributed by atoms with Crippen LogP contribution in [0.4, 0.5) is 0 Å². The van der Waals surface area contributed by atoms with Gasteiger partial charge in [0.1, 0.15) is 11.4 Å². The van der Waals surface area contributed by atoms with Crippen molar-refractivity contribution in [3.8, 4) is 18.1 Å². The van der Waals surface area contributed by atoms with Crippen molar-refractivity contribution in [2.24, 2.45) is 5.73 Å². The molecule has 1 aromatic carbocycles. The summed E-state index contributed by atoms with van der Waals surface area (Å²) in [6.07, 6.45) is 10.3. The molecular weight excluding hydrogens is 408 g/mol. The zero-order chi connectivity index (χ0) is 24.5. The number of Topliss-reactive ketones (excluding diaryl/α,β-unsaturated/α-hetero) is 1. The standard InChI is InChI=1S/C22H24N2O5.C3H6/c1-6-7-8-12-24-14(2)18(20(26)21(23)27)19-15(24)10-9-11-16(19)28-13-17(25)29-22(3,4)5;1-3-2/h1,7-11H,12-13H2,2-5H3,(H2,23,27);3H,1H2,2H3/b8-7+;. The minimum absolute atomic E-state index is 0.140. The highest BCUT2D eigenvalue weighted by Crippen LogP contribution is 2.34. The monoisotopic (exact) mass is 438 g/mol. The fraction of sp³-hybridized carbons (Fsp3) is 0.320. The normalized spacial score (nSPS) is 10.8. The minimum Gasteiger partial charge on any atom is -0.481 e. The van der Waals surface area contributed by atoms with Crippen molar-refractivity contribution in [2.45, 2.75) is 46.8 Å². The number of fused-ring (bicyclic) bond motifs is 1. The van der Waals surface area contributed by atoms with Crippen LogP contribution in [-0.2, 0) is 20.9 Å². The lowest BCUT2D eigenvalue weighted by Gasteiger charge is -2.19. The molecule has 0 aliphatic rings. The van der Waals surface area contributed by atoms with E-state index < -0.39 is 23.3 Å². The van der Waals surface area contributed by atoms with Crippen molar-refractivity contribution in [3.05, 3.63) is 54.3 Å². The zero-order valence-corrected chi connectivity index (χ0v) is 19.2. The van der Waals surface area contributed by atoms with Crippen LogP contribution in [0.1, 0.15) is 43.7 Å². The van der Waals surface area contributed by atoms with Crippen LogP contribution in [0.25, 0.3) is 10.9 Å². The molecular formula is C25H30N2O5. The van der Waals surface area contributed by atoms with Crippen molar-refractivity contribution in [1.29, 1.82) is 0 Å². The average Bonchev–Trinajstić information content (AvgIpc) is 2.97. The van der Waals surface area contributed by atoms with E-state index in [0.717, 1.165) is 0 Å². The first kappa shape index (κ1) is 26.2. The summed E-state index contributed by atoms with van der Waals surface area (Å²) < 4.78 is 12.7. The largest absolute Gasteiger partial charge is 0.481 e. The molecule has 0 unspecified atom stereocenters. The molecule has 1 heterocycles. The summed E-state index contributed by atoms with van der Waals surface area (Å²) >= 11 is 0. The fourth-order valence-electron chi connectivity index (χ4n) is 2.98. The Hall–Kier alpha value is -3.79. The van der Waals surface area contributed by atoms with Gasteiger partial charge in [-0.25, -0.2) is 4.79 Å². The second-order valence-corrected chi connectivity index (χ2v) is 7.77. The van der Waals surface area contributed by atoms with E-state index in [1.54, 1.807) is 64.1 Å². The summed E-state index contributed by atoms with van der Waals surface area (Å²) in [7, 11) is 0. The van der Waals surface area contributed by atoms with Gasteiger partial charge >= 0.3 is 5.97 Å². The van der Waals surface area contributed by atoms with Gasteiger partial charge < -0.3 is 19.8 Å². The van der Waals surface area contributed by atoms with E-state index >= 15 is 0 Å². The van der Waals surface area contributed by atoms with Gasteiger partial charge in [-0.15, -0.1) is 13.0 Å². The van der Waals surface area contributed by atoms with Gasteiger partial charge in [0.15, 0.2) is 6.61 Å². The molecule has 2 aromatic rings. The molecule has 0 saturated carbocycles. The molecule has 170 valence electrons. The SMILES string of the molecule is C#C/C=C/Cn1c(C)c(C(=O)C(N)=O)c2c(OCC(=O)OC(C)(C)C)cccc21.C=CC. The molecule has 32 heavy (non-hydrogen) atoms. The molecule has 2 rings (SSSR count). The number of benzene rings is 1. The number of nitrogens with two attached hydrogens (primary N) is 1. The smallest absolute Gasteiger partial charge is 0.344 e. The van der Waals surface area contributed by atoms with Crippen LogP contribution < -0.4 is 10.5 Å². The van der Waals surface area contributed by atoms with Gasteiger partial charge in [-0.2, -0.15) is 0 Å². The van der Waals surface area contributed by atoms with Crippen LogP contribution >= 0.6 is 0 Å². The number of ketones is 1. The third-order valence-electron chi connectivity index (χ3n) is 4.03. The molecule has 0 aliphatic heterocycles. The maximum absolute atomic E-state index is 12.5. The predicted molar refractivity (Wildman–Crippen MR) is 125 cm³/mol. The van der Waals surface area contributed by atoms with Gasteiger partial charge in [-0.05, 0) is 52.8 Å². The highest BCUT2D eigenvalue weighted by Gasteiger charge is 2.26. The Bertz CT molecular complexity index is 1080. The van der Waals surface area contributed by atoms with E-state index in [-0.39, 0.29) is 17.9 Å². The fourth-order valence-corrected chi connectivity index (χ4v) is 2.98. The van der Waals surface area contributed by atoms with Crippen LogP contribution in [-0.4, -0.2) is 34.4 Å². The first-order chi connectivity index (χ1) is 15.0. The van der Waals surface area contributed by atoms with Gasteiger partial charge in [-0.1, -0.05) is 24.1 Å². The number of nitrogens with zero attached hydrogens (tertiary/aromatic N) is 1. The van der Waals surface area contributed by atoms with E-state index in [9.17, 15) is 14.4 Å². The summed E-state index contributed by atoms with van der Waals surface area (Å²) in [5.74, 6) is 0.224. The lowest BCUT2D eigenvalue weighted by Crippen LogP contribution is -2.27. The van der Waals surface area contributed by atoms with Gasteiger partial charge in [0.2, 0.25) is 0 Å². The Morgan fingerprint density at radius 3 is 2.44 bits per heavy atom. The van der Waals surface area contributed by atoms with E-state index in [1.165, 1.54) is 0 Å². The Morgan fingerprint density at radius 2 is 1.91 bits per heavy atom. The van der Waals surface area contributed by atoms with Gasteiger partial charge in [0.05, 0.1) is 16.5 Å². The zero-order valence-electron chi connectivity index (χ0n) is 19.2. The molecule has 0 aliphatic carbocycles. The first-order valence-corrected chi connectivity index (χ1v) is 9.97. The number of rotatable bonds is 7. The maximum Gasteiger partial charge on any atom is 0.344 e. The van der Waals surface area contributed by atoms with Crippen molar-refractivity contribution in [3.63, 3.8) is 0 Å². The highest BCUT2D eigenvalue weighted by molar-refractivity contribution is 6.45. The molecule has 0 bridgehead atoms. The summed E-state index contributed by atoms with van der Waals surface area (Å²) in [5, 5.41) is 0.409. The van der Waals surface area contributed by atoms with Gasteiger partial charge in [0.25, 0.3) is 11.7 Å². The predicted octanol–water partition coefficient (Wildman–Crippen LogP) is 3.72. The number of hydrogen-bond acceptors (Lipinski definition) is 5. The quantitative estimate of drug-likeness (QED) is 0.233. The molecule has 1 amide bonds. The van der Waals surface area contributed by atoms with E-state index in [0.29, 0.717) is 23.1 Å². The molecule has 7 nitrogen and oxygen atoms in total. The Labute approximate surface area is 188 Å². The van der Waals surface area contributed by atoms with Crippen LogP contribution in [0.2, 0.25) is 0 Å². The number of ether oxygens (including phenoxy) is 2. The number of hydrogen-bond donors (Lipinski definition) is 1. The van der Waals surface area contributed by atoms with Crippen molar-refractivity contribution < 1.29 is 23.9 Å². The molecule has 0 fully saturated rings. The van der Waals surface area contributed by atoms with Gasteiger partial charge in [-0.3, -0.25) is 9.59 Å². The summed E-state index contributed by atoms with van der Waals surface area (Å²) in [6.45, 7) is 12.3. The summed E-state index contributed by atoms with van der Waals surface area (Å²) in [6, 6.07) is 5.13. The first-order valence-electron chi connectivity index (χ1n) is 9.97. The van der Waals surface area contributed by atoms with Crippen LogP contribution in [0.15, 0.2) is 43.0 Å². The lowest BCUT2D eigenvalue weighted by atomic mass is 10.1. The third-order valence-corrected chi connectivity index (χ3v) is 4.03. The average molecular weight is 439 g/mol. The minimum atomic E-state index is -1.08. The summed E-state index contributed by atoms with van der Waals surface area (Å²) in [5.41, 5.74) is 5.93. The molecule has 2 N–H and O–H groups in total. The molecule has 7 heteroatoms.